The van der Waals surface area contributed by atoms with Crippen LogP contribution in [0, 0.1) is 11.3 Å². The van der Waals surface area contributed by atoms with Crippen LogP contribution in [0.1, 0.15) is 48.0 Å². The van der Waals surface area contributed by atoms with E-state index in [1.807, 2.05) is 41.5 Å². The molecule has 2 atom stereocenters. The predicted molar refractivity (Wildman–Crippen MR) is 61.5 cm³/mol. The van der Waals surface area contributed by atoms with Gasteiger partial charge in [0.1, 0.15) is 5.92 Å². The number of amides is 1. The van der Waals surface area contributed by atoms with Crippen molar-refractivity contribution in [3.05, 3.63) is 0 Å². The highest BCUT2D eigenvalue weighted by Gasteiger charge is 2.61. The molecule has 0 aliphatic heterocycles. The lowest BCUT2D eigenvalue weighted by molar-refractivity contribution is -0.125. The number of rotatable bonds is 2. The van der Waals surface area contributed by atoms with Crippen LogP contribution in [0.15, 0.2) is 0 Å². The normalized spacial score (nSPS) is 23.9. The van der Waals surface area contributed by atoms with E-state index in [0.717, 1.165) is 0 Å². The molecule has 0 heterocycles. The summed E-state index contributed by atoms with van der Waals surface area (Å²) < 4.78 is 25.1. The maximum absolute atomic E-state index is 12.5. The maximum atomic E-state index is 12.5. The molecule has 4 heteroatoms. The second-order valence-corrected chi connectivity index (χ2v) is 5.11. The van der Waals surface area contributed by atoms with E-state index in [0.29, 0.717) is 0 Å². The molecular weight excluding hydrogens is 212 g/mol. The Bertz CT molecular complexity index is 246. The summed E-state index contributed by atoms with van der Waals surface area (Å²) in [4.78, 5) is 11.3. The van der Waals surface area contributed by atoms with Crippen LogP contribution in [0.5, 0.6) is 0 Å². The first kappa shape index (κ1) is 15.3. The number of nitrogens with one attached hydrogen (secondary N) is 1. The first-order chi connectivity index (χ1) is 7.14. The fourth-order valence-electron chi connectivity index (χ4n) is 1.03. The lowest BCUT2D eigenvalue weighted by Gasteiger charge is -2.28. The van der Waals surface area contributed by atoms with Crippen molar-refractivity contribution in [2.45, 2.75) is 59.9 Å². The number of hydrogen-bond acceptors (Lipinski definition) is 1. The summed E-state index contributed by atoms with van der Waals surface area (Å²) >= 11 is 0. The zero-order chi connectivity index (χ0) is 13.1. The third kappa shape index (κ3) is 4.06. The van der Waals surface area contributed by atoms with Gasteiger partial charge in [0.15, 0.2) is 0 Å². The van der Waals surface area contributed by atoms with Crippen molar-refractivity contribution >= 4 is 5.91 Å². The summed E-state index contributed by atoms with van der Waals surface area (Å²) in [6.07, 6.45) is -0.296. The standard InChI is InChI=1S/C10H17F2NO.C2H6/c1-6(9(2,3)4)13-8(14)7-5-10(7,11)12;1-2/h6-7H,5H2,1-4H3,(H,13,14);1-2H3. The van der Waals surface area contributed by atoms with Crippen molar-refractivity contribution in [2.75, 3.05) is 0 Å². The zero-order valence-corrected chi connectivity index (χ0v) is 11.0. The first-order valence-electron chi connectivity index (χ1n) is 5.83. The molecule has 1 amide bonds. The highest BCUT2D eigenvalue weighted by molar-refractivity contribution is 5.83. The highest BCUT2D eigenvalue weighted by atomic mass is 19.3. The average molecular weight is 235 g/mol. The predicted octanol–water partition coefficient (Wildman–Crippen LogP) is 3.22. The van der Waals surface area contributed by atoms with Crippen molar-refractivity contribution in [3.8, 4) is 0 Å². The van der Waals surface area contributed by atoms with Crippen LogP contribution in [-0.2, 0) is 4.79 Å². The van der Waals surface area contributed by atoms with Crippen LogP contribution in [0.25, 0.3) is 0 Å². The highest BCUT2D eigenvalue weighted by Crippen LogP contribution is 2.48. The van der Waals surface area contributed by atoms with Gasteiger partial charge in [-0.1, -0.05) is 34.6 Å². The lowest BCUT2D eigenvalue weighted by atomic mass is 9.88. The Labute approximate surface area is 96.8 Å². The van der Waals surface area contributed by atoms with Crippen molar-refractivity contribution in [3.63, 3.8) is 0 Å². The van der Waals surface area contributed by atoms with E-state index in [9.17, 15) is 13.6 Å². The Hall–Kier alpha value is -0.670. The summed E-state index contributed by atoms with van der Waals surface area (Å²) in [6.45, 7) is 11.7. The smallest absolute Gasteiger partial charge is 0.260 e. The summed E-state index contributed by atoms with van der Waals surface area (Å²) in [5, 5.41) is 2.62. The van der Waals surface area contributed by atoms with Crippen molar-refractivity contribution in [1.29, 1.82) is 0 Å². The molecule has 1 aliphatic rings. The molecule has 0 saturated heterocycles. The molecule has 0 aromatic carbocycles. The monoisotopic (exact) mass is 235 g/mol. The summed E-state index contributed by atoms with van der Waals surface area (Å²) in [5.74, 6) is -4.37. The second-order valence-electron chi connectivity index (χ2n) is 5.11. The van der Waals surface area contributed by atoms with Gasteiger partial charge in [0.25, 0.3) is 5.92 Å². The van der Waals surface area contributed by atoms with Crippen LogP contribution >= 0.6 is 0 Å². The quantitative estimate of drug-likeness (QED) is 0.782. The Balaban J connectivity index is 0.00000106. The van der Waals surface area contributed by atoms with Gasteiger partial charge in [0.2, 0.25) is 5.91 Å². The molecule has 1 fully saturated rings. The number of carbonyl (C=O) groups is 1. The van der Waals surface area contributed by atoms with E-state index < -0.39 is 17.7 Å². The SMILES string of the molecule is CC.CC(NC(=O)C1CC1(F)F)C(C)(C)C. The Morgan fingerprint density at radius 2 is 1.75 bits per heavy atom. The van der Waals surface area contributed by atoms with Crippen LogP contribution in [-0.4, -0.2) is 17.9 Å². The number of halogens is 2. The molecule has 0 radical (unpaired) electrons. The zero-order valence-electron chi connectivity index (χ0n) is 11.0. The van der Waals surface area contributed by atoms with Crippen molar-refractivity contribution in [2.24, 2.45) is 11.3 Å². The second kappa shape index (κ2) is 5.11. The summed E-state index contributed by atoms with van der Waals surface area (Å²) in [6, 6.07) is -0.0913. The molecule has 16 heavy (non-hydrogen) atoms. The summed E-state index contributed by atoms with van der Waals surface area (Å²) in [7, 11) is 0. The van der Waals surface area contributed by atoms with E-state index in [1.54, 1.807) is 0 Å². The van der Waals surface area contributed by atoms with E-state index in [1.165, 1.54) is 0 Å². The minimum Gasteiger partial charge on any atom is -0.353 e. The molecule has 0 bridgehead atoms. The van der Waals surface area contributed by atoms with Gasteiger partial charge in [-0.2, -0.15) is 0 Å². The van der Waals surface area contributed by atoms with Gasteiger partial charge < -0.3 is 5.32 Å². The van der Waals surface area contributed by atoms with Gasteiger partial charge >= 0.3 is 0 Å². The number of hydrogen-bond donors (Lipinski definition) is 1. The average Bonchev–Trinajstić information content (AvgIpc) is 2.77. The number of carbonyl (C=O) groups excluding carboxylic acids is 1. The van der Waals surface area contributed by atoms with E-state index in [-0.39, 0.29) is 17.9 Å². The summed E-state index contributed by atoms with van der Waals surface area (Å²) in [5.41, 5.74) is -0.0974. The van der Waals surface area contributed by atoms with Crippen molar-refractivity contribution < 1.29 is 13.6 Å². The largest absolute Gasteiger partial charge is 0.353 e. The van der Waals surface area contributed by atoms with Gasteiger partial charge in [0.05, 0.1) is 0 Å². The molecular formula is C12H23F2NO. The lowest BCUT2D eigenvalue weighted by Crippen LogP contribution is -2.42. The van der Waals surface area contributed by atoms with E-state index in [4.69, 9.17) is 0 Å². The molecule has 2 unspecified atom stereocenters. The van der Waals surface area contributed by atoms with Gasteiger partial charge in [-0.15, -0.1) is 0 Å². The van der Waals surface area contributed by atoms with Crippen LogP contribution in [0.4, 0.5) is 8.78 Å². The van der Waals surface area contributed by atoms with E-state index in [2.05, 4.69) is 5.32 Å². The molecule has 1 aliphatic carbocycles. The molecule has 96 valence electrons. The molecule has 2 nitrogen and oxygen atoms in total. The van der Waals surface area contributed by atoms with Gasteiger partial charge in [-0.25, -0.2) is 8.78 Å². The van der Waals surface area contributed by atoms with E-state index >= 15 is 0 Å². The van der Waals surface area contributed by atoms with Crippen LogP contribution in [0.2, 0.25) is 0 Å². The Morgan fingerprint density at radius 1 is 1.38 bits per heavy atom. The van der Waals surface area contributed by atoms with Gasteiger partial charge in [-0.05, 0) is 12.3 Å². The number of alkyl halides is 2. The molecule has 1 rings (SSSR count). The molecule has 0 aromatic rings. The van der Waals surface area contributed by atoms with Crippen LogP contribution < -0.4 is 5.32 Å². The fraction of sp³-hybridized carbons (Fsp3) is 0.917. The van der Waals surface area contributed by atoms with Crippen LogP contribution in [0.3, 0.4) is 0 Å². The molecule has 1 N–H and O–H groups in total. The first-order valence-corrected chi connectivity index (χ1v) is 5.83. The molecule has 0 aromatic heterocycles. The topological polar surface area (TPSA) is 29.1 Å². The maximum Gasteiger partial charge on any atom is 0.260 e. The third-order valence-electron chi connectivity index (χ3n) is 2.80. The molecule has 1 saturated carbocycles. The Kier molecular flexibility index (Phi) is 4.89. The minimum atomic E-state index is -2.76. The fourth-order valence-corrected chi connectivity index (χ4v) is 1.03. The van der Waals surface area contributed by atoms with Gasteiger partial charge in [-0.3, -0.25) is 4.79 Å². The third-order valence-corrected chi connectivity index (χ3v) is 2.80. The molecule has 0 spiro atoms. The Morgan fingerprint density at radius 3 is 2.00 bits per heavy atom. The van der Waals surface area contributed by atoms with Gasteiger partial charge in [0, 0.05) is 12.5 Å². The van der Waals surface area contributed by atoms with Crippen molar-refractivity contribution in [1.82, 2.24) is 5.32 Å². The minimum absolute atomic E-state index is 0.0913.